The highest BCUT2D eigenvalue weighted by Gasteiger charge is 2.22. The summed E-state index contributed by atoms with van der Waals surface area (Å²) in [5.74, 6) is 0.797. The predicted molar refractivity (Wildman–Crippen MR) is 74.4 cm³/mol. The lowest BCUT2D eigenvalue weighted by molar-refractivity contribution is 0.263. The Hall–Kier alpha value is -0.530. The van der Waals surface area contributed by atoms with Crippen LogP contribution in [0.25, 0.3) is 0 Å². The van der Waals surface area contributed by atoms with Gasteiger partial charge in [0.15, 0.2) is 0 Å². The zero-order chi connectivity index (χ0) is 12.3. The number of nitrogens with one attached hydrogen (secondary N) is 1. The fraction of sp³-hybridized carbons (Fsp3) is 0.600. The van der Waals surface area contributed by atoms with Crippen molar-refractivity contribution in [3.63, 3.8) is 0 Å². The average Bonchev–Trinajstić information content (AvgIpc) is 2.32. The third-order valence-electron chi connectivity index (χ3n) is 3.92. The van der Waals surface area contributed by atoms with Crippen LogP contribution in [0.3, 0.4) is 0 Å². The van der Waals surface area contributed by atoms with E-state index in [1.807, 2.05) is 12.1 Å². The first kappa shape index (κ1) is 12.9. The maximum Gasteiger partial charge on any atom is 0.0409 e. The zero-order valence-electron chi connectivity index (χ0n) is 10.7. The summed E-state index contributed by atoms with van der Waals surface area (Å²) in [6.45, 7) is 4.59. The summed E-state index contributed by atoms with van der Waals surface area (Å²) < 4.78 is 0. The maximum atomic E-state index is 6.03. The molecule has 1 aliphatic carbocycles. The van der Waals surface area contributed by atoms with Gasteiger partial charge in [-0.15, -0.1) is 0 Å². The Labute approximate surface area is 110 Å². The summed E-state index contributed by atoms with van der Waals surface area (Å²) in [7, 11) is 0. The topological polar surface area (TPSA) is 12.0 Å². The largest absolute Gasteiger partial charge is 0.307 e. The van der Waals surface area contributed by atoms with Gasteiger partial charge in [0.25, 0.3) is 0 Å². The molecule has 1 aromatic carbocycles. The lowest BCUT2D eigenvalue weighted by atomic mass is 9.85. The highest BCUT2D eigenvalue weighted by Crippen LogP contribution is 2.26. The highest BCUT2D eigenvalue weighted by molar-refractivity contribution is 6.30. The van der Waals surface area contributed by atoms with Crippen molar-refractivity contribution >= 4 is 11.6 Å². The lowest BCUT2D eigenvalue weighted by Gasteiger charge is -2.32. The van der Waals surface area contributed by atoms with E-state index in [2.05, 4.69) is 31.3 Å². The van der Waals surface area contributed by atoms with Gasteiger partial charge in [-0.1, -0.05) is 43.5 Å². The van der Waals surface area contributed by atoms with E-state index in [0.717, 1.165) is 10.9 Å². The fourth-order valence-corrected chi connectivity index (χ4v) is 2.96. The van der Waals surface area contributed by atoms with Gasteiger partial charge in [-0.05, 0) is 43.4 Å². The van der Waals surface area contributed by atoms with Gasteiger partial charge in [0, 0.05) is 17.1 Å². The van der Waals surface area contributed by atoms with Crippen molar-refractivity contribution in [2.24, 2.45) is 5.92 Å². The second-order valence-electron chi connectivity index (χ2n) is 5.31. The molecule has 0 heterocycles. The SMILES string of the molecule is CC1CCCCC1N[C@H](C)c1cccc(Cl)c1. The van der Waals surface area contributed by atoms with Crippen molar-refractivity contribution in [2.45, 2.75) is 51.6 Å². The molecule has 17 heavy (non-hydrogen) atoms. The van der Waals surface area contributed by atoms with Gasteiger partial charge in [-0.2, -0.15) is 0 Å². The third-order valence-corrected chi connectivity index (χ3v) is 4.16. The van der Waals surface area contributed by atoms with Crippen molar-refractivity contribution in [2.75, 3.05) is 0 Å². The van der Waals surface area contributed by atoms with Crippen molar-refractivity contribution in [3.05, 3.63) is 34.9 Å². The molecule has 1 N–H and O–H groups in total. The van der Waals surface area contributed by atoms with Gasteiger partial charge in [0.05, 0.1) is 0 Å². The summed E-state index contributed by atoms with van der Waals surface area (Å²) in [5.41, 5.74) is 1.29. The molecule has 0 aromatic heterocycles. The van der Waals surface area contributed by atoms with Crippen LogP contribution in [-0.2, 0) is 0 Å². The van der Waals surface area contributed by atoms with Crippen LogP contribution in [-0.4, -0.2) is 6.04 Å². The number of benzene rings is 1. The molecule has 0 saturated heterocycles. The van der Waals surface area contributed by atoms with Crippen molar-refractivity contribution < 1.29 is 0 Å². The monoisotopic (exact) mass is 251 g/mol. The van der Waals surface area contributed by atoms with E-state index in [1.54, 1.807) is 0 Å². The van der Waals surface area contributed by atoms with Crippen molar-refractivity contribution in [3.8, 4) is 0 Å². The van der Waals surface area contributed by atoms with Gasteiger partial charge < -0.3 is 5.32 Å². The van der Waals surface area contributed by atoms with Crippen LogP contribution in [0.1, 0.15) is 51.1 Å². The molecule has 2 unspecified atom stereocenters. The molecule has 1 fully saturated rings. The summed E-state index contributed by atoms with van der Waals surface area (Å²) in [4.78, 5) is 0. The minimum absolute atomic E-state index is 0.388. The van der Waals surface area contributed by atoms with Crippen LogP contribution in [0.4, 0.5) is 0 Å². The van der Waals surface area contributed by atoms with Gasteiger partial charge in [0.2, 0.25) is 0 Å². The molecule has 0 radical (unpaired) electrons. The van der Waals surface area contributed by atoms with Crippen LogP contribution in [0.2, 0.25) is 5.02 Å². The number of hydrogen-bond acceptors (Lipinski definition) is 1. The smallest absolute Gasteiger partial charge is 0.0409 e. The van der Waals surface area contributed by atoms with Gasteiger partial charge in [-0.25, -0.2) is 0 Å². The second kappa shape index (κ2) is 5.88. The average molecular weight is 252 g/mol. The van der Waals surface area contributed by atoms with Crippen LogP contribution >= 0.6 is 11.6 Å². The second-order valence-corrected chi connectivity index (χ2v) is 5.75. The van der Waals surface area contributed by atoms with Gasteiger partial charge in [-0.3, -0.25) is 0 Å². The van der Waals surface area contributed by atoms with E-state index in [9.17, 15) is 0 Å². The summed E-state index contributed by atoms with van der Waals surface area (Å²) >= 11 is 6.03. The summed E-state index contributed by atoms with van der Waals surface area (Å²) in [5, 5.41) is 4.58. The highest BCUT2D eigenvalue weighted by atomic mass is 35.5. The molecule has 0 spiro atoms. The Kier molecular flexibility index (Phi) is 4.47. The van der Waals surface area contributed by atoms with E-state index >= 15 is 0 Å². The maximum absolute atomic E-state index is 6.03. The normalized spacial score (nSPS) is 26.8. The van der Waals surface area contributed by atoms with E-state index in [-0.39, 0.29) is 0 Å². The van der Waals surface area contributed by atoms with Crippen molar-refractivity contribution in [1.82, 2.24) is 5.32 Å². The van der Waals surface area contributed by atoms with Crippen LogP contribution in [0.15, 0.2) is 24.3 Å². The molecule has 3 atom stereocenters. The lowest BCUT2D eigenvalue weighted by Crippen LogP contribution is -2.38. The van der Waals surface area contributed by atoms with Crippen molar-refractivity contribution in [1.29, 1.82) is 0 Å². The molecule has 94 valence electrons. The van der Waals surface area contributed by atoms with Crippen LogP contribution in [0.5, 0.6) is 0 Å². The fourth-order valence-electron chi connectivity index (χ4n) is 2.76. The Morgan fingerprint density at radius 1 is 1.29 bits per heavy atom. The molecule has 2 rings (SSSR count). The molecular weight excluding hydrogens is 230 g/mol. The molecule has 1 saturated carbocycles. The molecule has 1 aliphatic rings. The first-order chi connectivity index (χ1) is 8.16. The minimum Gasteiger partial charge on any atom is -0.307 e. The zero-order valence-corrected chi connectivity index (χ0v) is 11.5. The molecule has 0 amide bonds. The Morgan fingerprint density at radius 3 is 2.76 bits per heavy atom. The molecular formula is C15H22ClN. The molecule has 0 bridgehead atoms. The van der Waals surface area contributed by atoms with Gasteiger partial charge in [0.1, 0.15) is 0 Å². The third kappa shape index (κ3) is 3.46. The predicted octanol–water partition coefficient (Wildman–Crippen LogP) is 4.57. The number of rotatable bonds is 3. The summed E-state index contributed by atoms with van der Waals surface area (Å²) in [6, 6.07) is 9.22. The number of halogens is 1. The quantitative estimate of drug-likeness (QED) is 0.830. The van der Waals surface area contributed by atoms with Crippen LogP contribution < -0.4 is 5.32 Å². The molecule has 1 nitrogen and oxygen atoms in total. The van der Waals surface area contributed by atoms with E-state index < -0.39 is 0 Å². The van der Waals surface area contributed by atoms with E-state index in [0.29, 0.717) is 12.1 Å². The van der Waals surface area contributed by atoms with Gasteiger partial charge >= 0.3 is 0 Å². The first-order valence-corrected chi connectivity index (χ1v) is 7.06. The van der Waals surface area contributed by atoms with E-state index in [4.69, 9.17) is 11.6 Å². The van der Waals surface area contributed by atoms with Crippen LogP contribution in [0, 0.1) is 5.92 Å². The minimum atomic E-state index is 0.388. The van der Waals surface area contributed by atoms with E-state index in [1.165, 1.54) is 31.2 Å². The Morgan fingerprint density at radius 2 is 2.06 bits per heavy atom. The molecule has 0 aliphatic heterocycles. The molecule has 1 aromatic rings. The summed E-state index contributed by atoms with van der Waals surface area (Å²) in [6.07, 6.45) is 5.43. The first-order valence-electron chi connectivity index (χ1n) is 6.68. The number of hydrogen-bond donors (Lipinski definition) is 1. The Bertz CT molecular complexity index is 364. The Balaban J connectivity index is 1.98. The molecule has 2 heteroatoms. The standard InChI is InChI=1S/C15H22ClN/c1-11-6-3-4-9-15(11)17-12(2)13-7-5-8-14(16)10-13/h5,7-8,10-12,15,17H,3-4,6,9H2,1-2H3/t11?,12-,15?/m1/s1.